The summed E-state index contributed by atoms with van der Waals surface area (Å²) >= 11 is 11.0. The van der Waals surface area contributed by atoms with Gasteiger partial charge in [0.25, 0.3) is 0 Å². The SMILES string of the molecule is CC(C)(C)c1ccc(NC(=O)CCl)c(NC(=O)CCl)c1. The Morgan fingerprint density at radius 1 is 1.00 bits per heavy atom. The van der Waals surface area contributed by atoms with E-state index >= 15 is 0 Å². The summed E-state index contributed by atoms with van der Waals surface area (Å²) in [4.78, 5) is 22.9. The zero-order valence-electron chi connectivity index (χ0n) is 11.7. The second kappa shape index (κ2) is 6.95. The lowest BCUT2D eigenvalue weighted by molar-refractivity contribution is -0.114. The predicted molar refractivity (Wildman–Crippen MR) is 83.8 cm³/mol. The molecule has 1 rings (SSSR count). The summed E-state index contributed by atoms with van der Waals surface area (Å²) in [6.45, 7) is 6.19. The molecule has 0 aliphatic rings. The molecule has 20 heavy (non-hydrogen) atoms. The molecule has 110 valence electrons. The Balaban J connectivity index is 3.16. The number of carbonyl (C=O) groups excluding carboxylic acids is 2. The molecule has 0 spiro atoms. The summed E-state index contributed by atoms with van der Waals surface area (Å²) in [5.41, 5.74) is 1.98. The first-order chi connectivity index (χ1) is 9.27. The third-order valence-corrected chi connectivity index (χ3v) is 3.16. The molecule has 0 saturated carbocycles. The number of amides is 2. The van der Waals surface area contributed by atoms with Crippen LogP contribution in [0.3, 0.4) is 0 Å². The molecule has 0 bridgehead atoms. The predicted octanol–water partition coefficient (Wildman–Crippen LogP) is 3.34. The van der Waals surface area contributed by atoms with Crippen LogP contribution in [0.25, 0.3) is 0 Å². The van der Waals surface area contributed by atoms with Gasteiger partial charge in [0.1, 0.15) is 11.8 Å². The van der Waals surface area contributed by atoms with Crippen molar-refractivity contribution in [3.63, 3.8) is 0 Å². The molecule has 0 aliphatic heterocycles. The molecule has 0 aliphatic carbocycles. The average Bonchev–Trinajstić information content (AvgIpc) is 2.39. The van der Waals surface area contributed by atoms with Crippen LogP contribution in [0.5, 0.6) is 0 Å². The van der Waals surface area contributed by atoms with Gasteiger partial charge in [-0.2, -0.15) is 0 Å². The highest BCUT2D eigenvalue weighted by Crippen LogP contribution is 2.30. The van der Waals surface area contributed by atoms with E-state index in [1.54, 1.807) is 6.07 Å². The topological polar surface area (TPSA) is 58.2 Å². The van der Waals surface area contributed by atoms with Crippen molar-refractivity contribution >= 4 is 46.4 Å². The molecule has 0 heterocycles. The number of hydrogen-bond acceptors (Lipinski definition) is 2. The first-order valence-electron chi connectivity index (χ1n) is 6.14. The number of halogens is 2. The molecule has 1 aromatic carbocycles. The zero-order valence-corrected chi connectivity index (χ0v) is 13.2. The number of rotatable bonds is 4. The normalized spacial score (nSPS) is 11.1. The van der Waals surface area contributed by atoms with Gasteiger partial charge in [-0.3, -0.25) is 9.59 Å². The van der Waals surface area contributed by atoms with Crippen LogP contribution in [-0.4, -0.2) is 23.6 Å². The lowest BCUT2D eigenvalue weighted by Crippen LogP contribution is -2.19. The van der Waals surface area contributed by atoms with Crippen LogP contribution >= 0.6 is 23.2 Å². The number of carbonyl (C=O) groups is 2. The highest BCUT2D eigenvalue weighted by molar-refractivity contribution is 6.30. The van der Waals surface area contributed by atoms with E-state index < -0.39 is 0 Å². The van der Waals surface area contributed by atoms with Crippen molar-refractivity contribution in [3.05, 3.63) is 23.8 Å². The first-order valence-corrected chi connectivity index (χ1v) is 7.21. The summed E-state index contributed by atoms with van der Waals surface area (Å²) in [5, 5.41) is 5.31. The Kier molecular flexibility index (Phi) is 5.84. The fourth-order valence-corrected chi connectivity index (χ4v) is 1.72. The smallest absolute Gasteiger partial charge is 0.239 e. The minimum absolute atomic E-state index is 0.0739. The van der Waals surface area contributed by atoms with Crippen LogP contribution in [0.2, 0.25) is 0 Å². The molecule has 4 nitrogen and oxygen atoms in total. The van der Waals surface area contributed by atoms with Crippen molar-refractivity contribution in [2.45, 2.75) is 26.2 Å². The molecule has 2 N–H and O–H groups in total. The van der Waals surface area contributed by atoms with Gasteiger partial charge in [0.05, 0.1) is 11.4 Å². The fourth-order valence-electron chi connectivity index (χ4n) is 1.59. The second-order valence-electron chi connectivity index (χ2n) is 5.37. The van der Waals surface area contributed by atoms with Gasteiger partial charge in [-0.25, -0.2) is 0 Å². The maximum absolute atomic E-state index is 11.5. The Morgan fingerprint density at radius 3 is 1.95 bits per heavy atom. The van der Waals surface area contributed by atoms with Gasteiger partial charge in [0.2, 0.25) is 11.8 Å². The van der Waals surface area contributed by atoms with Crippen molar-refractivity contribution in [3.8, 4) is 0 Å². The van der Waals surface area contributed by atoms with Crippen molar-refractivity contribution < 1.29 is 9.59 Å². The highest BCUT2D eigenvalue weighted by atomic mass is 35.5. The van der Waals surface area contributed by atoms with Gasteiger partial charge in [0.15, 0.2) is 0 Å². The molecule has 2 amide bonds. The second-order valence-corrected chi connectivity index (χ2v) is 5.91. The molecule has 0 radical (unpaired) electrons. The summed E-state index contributed by atoms with van der Waals surface area (Å²) < 4.78 is 0. The third kappa shape index (κ3) is 4.69. The number of hydrogen-bond donors (Lipinski definition) is 2. The van der Waals surface area contributed by atoms with E-state index in [1.165, 1.54) is 0 Å². The van der Waals surface area contributed by atoms with Crippen molar-refractivity contribution in [1.29, 1.82) is 0 Å². The molecular weight excluding hydrogens is 299 g/mol. The number of nitrogens with one attached hydrogen (secondary N) is 2. The molecular formula is C14H18Cl2N2O2. The molecule has 0 atom stereocenters. The van der Waals surface area contributed by atoms with Crippen molar-refractivity contribution in [1.82, 2.24) is 0 Å². The van der Waals surface area contributed by atoms with E-state index in [-0.39, 0.29) is 29.0 Å². The lowest BCUT2D eigenvalue weighted by Gasteiger charge is -2.21. The Labute approximate surface area is 128 Å². The van der Waals surface area contributed by atoms with Gasteiger partial charge in [-0.15, -0.1) is 23.2 Å². The summed E-state index contributed by atoms with van der Waals surface area (Å²) in [6.07, 6.45) is 0. The van der Waals surface area contributed by atoms with E-state index in [1.807, 2.05) is 12.1 Å². The van der Waals surface area contributed by atoms with Gasteiger partial charge < -0.3 is 10.6 Å². The van der Waals surface area contributed by atoms with E-state index in [9.17, 15) is 9.59 Å². The van der Waals surface area contributed by atoms with Crippen molar-refractivity contribution in [2.75, 3.05) is 22.4 Å². The van der Waals surface area contributed by atoms with Gasteiger partial charge in [0, 0.05) is 0 Å². The van der Waals surface area contributed by atoms with Gasteiger partial charge >= 0.3 is 0 Å². The molecule has 0 aromatic heterocycles. The monoisotopic (exact) mass is 316 g/mol. The maximum atomic E-state index is 11.5. The average molecular weight is 317 g/mol. The Hall–Kier alpha value is -1.26. The maximum Gasteiger partial charge on any atom is 0.239 e. The van der Waals surface area contributed by atoms with Gasteiger partial charge in [-0.1, -0.05) is 26.8 Å². The summed E-state index contributed by atoms with van der Waals surface area (Å²) in [5.74, 6) is -0.970. The molecule has 6 heteroatoms. The van der Waals surface area contributed by atoms with Crippen LogP contribution in [-0.2, 0) is 15.0 Å². The van der Waals surface area contributed by atoms with Crippen LogP contribution in [0.1, 0.15) is 26.3 Å². The number of anilines is 2. The summed E-state index contributed by atoms with van der Waals surface area (Å²) in [6, 6.07) is 5.48. The highest BCUT2D eigenvalue weighted by Gasteiger charge is 2.17. The minimum atomic E-state index is -0.337. The number of alkyl halides is 2. The molecule has 1 aromatic rings. The quantitative estimate of drug-likeness (QED) is 0.837. The van der Waals surface area contributed by atoms with Crippen molar-refractivity contribution in [2.24, 2.45) is 0 Å². The molecule has 0 saturated heterocycles. The van der Waals surface area contributed by atoms with Crippen LogP contribution < -0.4 is 10.6 Å². The van der Waals surface area contributed by atoms with Crippen LogP contribution in [0.15, 0.2) is 18.2 Å². The first kappa shape index (κ1) is 16.8. The molecule has 0 fully saturated rings. The van der Waals surface area contributed by atoms with E-state index in [0.717, 1.165) is 5.56 Å². The lowest BCUT2D eigenvalue weighted by atomic mass is 9.86. The fraction of sp³-hybridized carbons (Fsp3) is 0.429. The largest absolute Gasteiger partial charge is 0.323 e. The summed E-state index contributed by atoms with van der Waals surface area (Å²) in [7, 11) is 0. The minimum Gasteiger partial charge on any atom is -0.323 e. The van der Waals surface area contributed by atoms with Crippen LogP contribution in [0.4, 0.5) is 11.4 Å². The van der Waals surface area contributed by atoms with E-state index in [4.69, 9.17) is 23.2 Å². The Bertz CT molecular complexity index is 510. The number of benzene rings is 1. The van der Waals surface area contributed by atoms with E-state index in [2.05, 4.69) is 31.4 Å². The Morgan fingerprint density at radius 2 is 1.50 bits per heavy atom. The van der Waals surface area contributed by atoms with E-state index in [0.29, 0.717) is 11.4 Å². The van der Waals surface area contributed by atoms with Crippen LogP contribution in [0, 0.1) is 0 Å². The standard InChI is InChI=1S/C14H18Cl2N2O2/c1-14(2,3)9-4-5-10(17-12(19)7-15)11(6-9)18-13(20)8-16/h4-6H,7-8H2,1-3H3,(H,17,19)(H,18,20). The zero-order chi connectivity index (χ0) is 15.3. The van der Waals surface area contributed by atoms with Gasteiger partial charge in [-0.05, 0) is 23.1 Å². The molecule has 0 unspecified atom stereocenters. The third-order valence-electron chi connectivity index (χ3n) is 2.68.